The monoisotopic (exact) mass is 408 g/mol. The minimum absolute atomic E-state index is 0.123. The average Bonchev–Trinajstić information content (AvgIpc) is 2.74. The number of hydrogen-bond acceptors (Lipinski definition) is 4. The van der Waals surface area contributed by atoms with E-state index in [4.69, 9.17) is 11.6 Å². The van der Waals surface area contributed by atoms with Crippen molar-refractivity contribution >= 4 is 29.0 Å². The summed E-state index contributed by atoms with van der Waals surface area (Å²) in [6.07, 6.45) is 8.80. The maximum absolute atomic E-state index is 11.5. The molecule has 0 radical (unpaired) electrons. The van der Waals surface area contributed by atoms with Crippen LogP contribution in [0, 0.1) is 0 Å². The molecule has 2 heterocycles. The fraction of sp³-hybridized carbons (Fsp3) is 0.261. The summed E-state index contributed by atoms with van der Waals surface area (Å²) in [4.78, 5) is 22.4. The molecule has 29 heavy (non-hydrogen) atoms. The van der Waals surface area contributed by atoms with Crippen LogP contribution in [0.25, 0.3) is 16.8 Å². The van der Waals surface area contributed by atoms with Gasteiger partial charge >= 0.3 is 0 Å². The van der Waals surface area contributed by atoms with Crippen molar-refractivity contribution in [2.45, 2.75) is 25.8 Å². The molecule has 0 spiro atoms. The number of benzene rings is 1. The lowest BCUT2D eigenvalue weighted by Crippen LogP contribution is -2.41. The van der Waals surface area contributed by atoms with E-state index < -0.39 is 0 Å². The van der Waals surface area contributed by atoms with Gasteiger partial charge in [-0.3, -0.25) is 4.79 Å². The predicted octanol–water partition coefficient (Wildman–Crippen LogP) is 4.98. The smallest absolute Gasteiger partial charge is 0.223 e. The molecule has 1 aromatic carbocycles. The Morgan fingerprint density at radius 1 is 1.31 bits per heavy atom. The second-order valence-corrected chi connectivity index (χ2v) is 7.36. The van der Waals surface area contributed by atoms with E-state index >= 15 is 0 Å². The molecule has 1 saturated heterocycles. The number of rotatable bonds is 6. The molecular formula is C23H25ClN4O. The molecule has 0 atom stereocenters. The van der Waals surface area contributed by atoms with Crippen molar-refractivity contribution in [3.63, 3.8) is 0 Å². The summed E-state index contributed by atoms with van der Waals surface area (Å²) in [5.74, 6) is 0.666. The van der Waals surface area contributed by atoms with Gasteiger partial charge in [0.1, 0.15) is 0 Å². The molecule has 2 aromatic rings. The summed E-state index contributed by atoms with van der Waals surface area (Å²) in [6.45, 7) is 10.7. The number of carbonyl (C=O) groups excluding carboxylic acids is 1. The summed E-state index contributed by atoms with van der Waals surface area (Å²) in [6, 6.07) is 8.21. The van der Waals surface area contributed by atoms with Crippen LogP contribution in [0.1, 0.15) is 25.3 Å². The van der Waals surface area contributed by atoms with E-state index in [1.54, 1.807) is 25.3 Å². The van der Waals surface area contributed by atoms with Gasteiger partial charge in [0, 0.05) is 31.6 Å². The Hall–Kier alpha value is -2.92. The number of piperidine rings is 1. The minimum atomic E-state index is 0.123. The Morgan fingerprint density at radius 2 is 2.07 bits per heavy atom. The Morgan fingerprint density at radius 3 is 2.72 bits per heavy atom. The fourth-order valence-electron chi connectivity index (χ4n) is 3.42. The highest BCUT2D eigenvalue weighted by molar-refractivity contribution is 6.32. The van der Waals surface area contributed by atoms with Crippen LogP contribution in [0.15, 0.2) is 61.8 Å². The molecule has 1 aliphatic rings. The highest BCUT2D eigenvalue weighted by atomic mass is 35.5. The maximum atomic E-state index is 11.5. The summed E-state index contributed by atoms with van der Waals surface area (Å²) in [7, 11) is 0. The van der Waals surface area contributed by atoms with Crippen molar-refractivity contribution in [1.82, 2.24) is 14.9 Å². The van der Waals surface area contributed by atoms with E-state index in [9.17, 15) is 4.79 Å². The molecule has 5 nitrogen and oxygen atoms in total. The number of nitrogens with zero attached hydrogens (tertiary/aromatic N) is 3. The Labute approximate surface area is 176 Å². The molecule has 3 rings (SSSR count). The number of anilines is 1. The highest BCUT2D eigenvalue weighted by Gasteiger charge is 2.21. The van der Waals surface area contributed by atoms with E-state index in [0.717, 1.165) is 42.6 Å². The van der Waals surface area contributed by atoms with Gasteiger partial charge in [0.15, 0.2) is 0 Å². The molecular weight excluding hydrogens is 384 g/mol. The average molecular weight is 409 g/mol. The third kappa shape index (κ3) is 5.12. The third-order valence-corrected chi connectivity index (χ3v) is 5.28. The van der Waals surface area contributed by atoms with Crippen LogP contribution in [0.5, 0.6) is 0 Å². The van der Waals surface area contributed by atoms with Gasteiger partial charge in [0.05, 0.1) is 16.9 Å². The highest BCUT2D eigenvalue weighted by Crippen LogP contribution is 2.29. The number of hydrogen-bond donors (Lipinski definition) is 1. The topological polar surface area (TPSA) is 58.1 Å². The second-order valence-electron chi connectivity index (χ2n) is 6.96. The molecule has 1 aromatic heterocycles. The van der Waals surface area contributed by atoms with Crippen LogP contribution in [0.4, 0.5) is 5.95 Å². The minimum Gasteiger partial charge on any atom is -0.351 e. The third-order valence-electron chi connectivity index (χ3n) is 5.00. The predicted molar refractivity (Wildman–Crippen MR) is 120 cm³/mol. The van der Waals surface area contributed by atoms with Crippen molar-refractivity contribution in [1.29, 1.82) is 0 Å². The van der Waals surface area contributed by atoms with Crippen molar-refractivity contribution in [2.24, 2.45) is 0 Å². The van der Waals surface area contributed by atoms with Crippen molar-refractivity contribution in [3.8, 4) is 11.3 Å². The standard InChI is InChI=1S/C23H25ClN4O/c1-4-7-17(5-2)18-8-6-9-19(14-18)22-21(24)15-25-23(27-22)26-20-10-12-28(13-11-20)16(3)29/h4-9,14-15,20H,1-2,10-13H2,3H3,(H,25,26,27)/b17-7+. The van der Waals surface area contributed by atoms with E-state index in [1.165, 1.54) is 0 Å². The van der Waals surface area contributed by atoms with Crippen LogP contribution in [-0.4, -0.2) is 39.9 Å². The number of nitrogens with one attached hydrogen (secondary N) is 1. The zero-order valence-corrected chi connectivity index (χ0v) is 17.3. The number of allylic oxidation sites excluding steroid dienone is 4. The number of aromatic nitrogens is 2. The Balaban J connectivity index is 1.81. The van der Waals surface area contributed by atoms with Gasteiger partial charge in [-0.25, -0.2) is 9.97 Å². The molecule has 1 N–H and O–H groups in total. The van der Waals surface area contributed by atoms with Crippen molar-refractivity contribution < 1.29 is 4.79 Å². The summed E-state index contributed by atoms with van der Waals surface area (Å²) >= 11 is 6.41. The largest absolute Gasteiger partial charge is 0.351 e. The molecule has 150 valence electrons. The quantitative estimate of drug-likeness (QED) is 0.685. The zero-order valence-electron chi connectivity index (χ0n) is 16.6. The van der Waals surface area contributed by atoms with Gasteiger partial charge in [-0.2, -0.15) is 0 Å². The lowest BCUT2D eigenvalue weighted by Gasteiger charge is -2.31. The second kappa shape index (κ2) is 9.52. The van der Waals surface area contributed by atoms with E-state index in [0.29, 0.717) is 16.7 Å². The van der Waals surface area contributed by atoms with Crippen LogP contribution in [-0.2, 0) is 4.79 Å². The lowest BCUT2D eigenvalue weighted by molar-refractivity contribution is -0.129. The molecule has 0 saturated carbocycles. The van der Waals surface area contributed by atoms with Crippen LogP contribution >= 0.6 is 11.6 Å². The summed E-state index contributed by atoms with van der Waals surface area (Å²) in [5, 5.41) is 3.88. The molecule has 0 aliphatic carbocycles. The number of halogens is 1. The van der Waals surface area contributed by atoms with Gasteiger partial charge < -0.3 is 10.2 Å². The molecule has 1 fully saturated rings. The van der Waals surface area contributed by atoms with Crippen LogP contribution in [0.3, 0.4) is 0 Å². The Bertz CT molecular complexity index is 946. The number of carbonyl (C=O) groups is 1. The number of likely N-dealkylation sites (tertiary alicyclic amines) is 1. The van der Waals surface area contributed by atoms with Crippen molar-refractivity contribution in [3.05, 3.63) is 72.4 Å². The van der Waals surface area contributed by atoms with E-state index in [1.807, 2.05) is 35.2 Å². The molecule has 6 heteroatoms. The van der Waals surface area contributed by atoms with E-state index in [-0.39, 0.29) is 11.9 Å². The maximum Gasteiger partial charge on any atom is 0.223 e. The first-order valence-electron chi connectivity index (χ1n) is 9.62. The zero-order chi connectivity index (χ0) is 20.8. The number of amides is 1. The molecule has 1 amide bonds. The normalized spacial score (nSPS) is 15.1. The van der Waals surface area contributed by atoms with E-state index in [2.05, 4.69) is 28.4 Å². The molecule has 1 aliphatic heterocycles. The van der Waals surface area contributed by atoms with Gasteiger partial charge in [-0.1, -0.05) is 61.2 Å². The first kappa shape index (κ1) is 20.8. The molecule has 0 unspecified atom stereocenters. The SMILES string of the molecule is C=C/C=C(\C=C)c1cccc(-c2nc(NC3CCN(C(C)=O)CC3)ncc2Cl)c1. The van der Waals surface area contributed by atoms with Gasteiger partial charge in [0.2, 0.25) is 11.9 Å². The van der Waals surface area contributed by atoms with Gasteiger partial charge in [-0.15, -0.1) is 0 Å². The van der Waals surface area contributed by atoms with Crippen LogP contribution in [0.2, 0.25) is 5.02 Å². The summed E-state index contributed by atoms with van der Waals surface area (Å²) < 4.78 is 0. The summed E-state index contributed by atoms with van der Waals surface area (Å²) in [5.41, 5.74) is 3.57. The molecule has 0 bridgehead atoms. The first-order chi connectivity index (χ1) is 14.0. The van der Waals surface area contributed by atoms with Gasteiger partial charge in [-0.05, 0) is 30.0 Å². The van der Waals surface area contributed by atoms with Crippen molar-refractivity contribution in [2.75, 3.05) is 18.4 Å². The van der Waals surface area contributed by atoms with Gasteiger partial charge in [0.25, 0.3) is 0 Å². The Kier molecular flexibility index (Phi) is 6.83. The van der Waals surface area contributed by atoms with Crippen LogP contribution < -0.4 is 5.32 Å². The fourth-order valence-corrected chi connectivity index (χ4v) is 3.62. The first-order valence-corrected chi connectivity index (χ1v) is 10.00. The lowest BCUT2D eigenvalue weighted by atomic mass is 10.0.